The highest BCUT2D eigenvalue weighted by molar-refractivity contribution is 5.82. The van der Waals surface area contributed by atoms with E-state index in [1.54, 1.807) is 0 Å². The van der Waals surface area contributed by atoms with Crippen molar-refractivity contribution in [3.63, 3.8) is 0 Å². The molecule has 0 atom stereocenters. The van der Waals surface area contributed by atoms with Crippen LogP contribution in [-0.4, -0.2) is 73.0 Å². The minimum atomic E-state index is -0.157. The summed E-state index contributed by atoms with van der Waals surface area (Å²) in [4.78, 5) is 19.9. The monoisotopic (exact) mass is 295 g/mol. The van der Waals surface area contributed by atoms with E-state index in [1.807, 2.05) is 0 Å². The van der Waals surface area contributed by atoms with Crippen molar-refractivity contribution >= 4 is 5.91 Å². The molecular formula is C17H33N3O. The Morgan fingerprint density at radius 2 is 1.52 bits per heavy atom. The van der Waals surface area contributed by atoms with Crippen molar-refractivity contribution in [3.8, 4) is 0 Å². The van der Waals surface area contributed by atoms with E-state index in [2.05, 4.69) is 42.5 Å². The molecule has 0 radical (unpaired) electrons. The molecule has 2 aliphatic heterocycles. The van der Waals surface area contributed by atoms with Crippen molar-refractivity contribution in [2.24, 2.45) is 5.41 Å². The van der Waals surface area contributed by atoms with E-state index in [9.17, 15) is 4.79 Å². The van der Waals surface area contributed by atoms with E-state index in [0.717, 1.165) is 45.1 Å². The highest BCUT2D eigenvalue weighted by Gasteiger charge is 2.35. The third-order valence-corrected chi connectivity index (χ3v) is 5.88. The van der Waals surface area contributed by atoms with Gasteiger partial charge in [0.05, 0.1) is 0 Å². The third kappa shape index (κ3) is 3.78. The van der Waals surface area contributed by atoms with Crippen LogP contribution < -0.4 is 0 Å². The molecule has 0 spiro atoms. The number of hydrogen-bond donors (Lipinski definition) is 0. The summed E-state index contributed by atoms with van der Waals surface area (Å²) in [5.74, 6) is 0.371. The molecule has 2 aliphatic rings. The van der Waals surface area contributed by atoms with Gasteiger partial charge in [0.2, 0.25) is 5.91 Å². The number of rotatable bonds is 4. The van der Waals surface area contributed by atoms with Gasteiger partial charge in [0.1, 0.15) is 0 Å². The van der Waals surface area contributed by atoms with Gasteiger partial charge in [0.25, 0.3) is 0 Å². The fraction of sp³-hybridized carbons (Fsp3) is 0.941. The van der Waals surface area contributed by atoms with Crippen molar-refractivity contribution in [2.45, 2.75) is 52.5 Å². The molecule has 2 rings (SSSR count). The Bertz CT molecular complexity index is 338. The van der Waals surface area contributed by atoms with E-state index in [-0.39, 0.29) is 5.41 Å². The predicted octanol–water partition coefficient (Wildman–Crippen LogP) is 2.05. The molecule has 0 aromatic rings. The molecule has 21 heavy (non-hydrogen) atoms. The SMILES string of the molecule is CCC(C)(CC)C(=O)N1CCN(C2CCN(C)CC2)CC1. The number of carbonyl (C=O) groups is 1. The minimum absolute atomic E-state index is 0.157. The highest BCUT2D eigenvalue weighted by atomic mass is 16.2. The summed E-state index contributed by atoms with van der Waals surface area (Å²) in [6.07, 6.45) is 4.45. The molecule has 0 N–H and O–H groups in total. The largest absolute Gasteiger partial charge is 0.340 e. The number of likely N-dealkylation sites (tertiary alicyclic amines) is 1. The Morgan fingerprint density at radius 3 is 2.00 bits per heavy atom. The van der Waals surface area contributed by atoms with Crippen LogP contribution in [0.1, 0.15) is 46.5 Å². The van der Waals surface area contributed by atoms with Crippen molar-refractivity contribution in [3.05, 3.63) is 0 Å². The molecule has 2 heterocycles. The minimum Gasteiger partial charge on any atom is -0.340 e. The van der Waals surface area contributed by atoms with E-state index < -0.39 is 0 Å². The summed E-state index contributed by atoms with van der Waals surface area (Å²) >= 11 is 0. The van der Waals surface area contributed by atoms with Gasteiger partial charge in [-0.3, -0.25) is 9.69 Å². The summed E-state index contributed by atoms with van der Waals surface area (Å²) in [5.41, 5.74) is -0.157. The number of nitrogens with zero attached hydrogens (tertiary/aromatic N) is 3. The number of piperidine rings is 1. The average molecular weight is 295 g/mol. The van der Waals surface area contributed by atoms with Gasteiger partial charge in [0, 0.05) is 37.6 Å². The summed E-state index contributed by atoms with van der Waals surface area (Å²) in [5, 5.41) is 0. The Morgan fingerprint density at radius 1 is 1.00 bits per heavy atom. The Balaban J connectivity index is 1.84. The molecule has 0 aromatic carbocycles. The van der Waals surface area contributed by atoms with Gasteiger partial charge in [-0.25, -0.2) is 0 Å². The second-order valence-electron chi connectivity index (χ2n) is 7.13. The smallest absolute Gasteiger partial charge is 0.228 e. The standard InChI is InChI=1S/C17H33N3O/c1-5-17(3,6-2)16(21)20-13-11-19(12-14-20)15-7-9-18(4)10-8-15/h15H,5-14H2,1-4H3. The van der Waals surface area contributed by atoms with Gasteiger partial charge in [-0.15, -0.1) is 0 Å². The zero-order chi connectivity index (χ0) is 15.5. The fourth-order valence-electron chi connectivity index (χ4n) is 3.58. The lowest BCUT2D eigenvalue weighted by molar-refractivity contribution is -0.144. The topological polar surface area (TPSA) is 26.8 Å². The first kappa shape index (κ1) is 16.8. The van der Waals surface area contributed by atoms with E-state index in [4.69, 9.17) is 0 Å². The van der Waals surface area contributed by atoms with Crippen LogP contribution in [0.2, 0.25) is 0 Å². The Hall–Kier alpha value is -0.610. The molecular weight excluding hydrogens is 262 g/mol. The lowest BCUT2D eigenvalue weighted by Crippen LogP contribution is -2.56. The molecule has 0 bridgehead atoms. The lowest BCUT2D eigenvalue weighted by atomic mass is 9.83. The molecule has 4 heteroatoms. The molecule has 122 valence electrons. The molecule has 1 amide bonds. The van der Waals surface area contributed by atoms with Crippen molar-refractivity contribution in [1.29, 1.82) is 0 Å². The van der Waals surface area contributed by atoms with Gasteiger partial charge in [-0.1, -0.05) is 20.8 Å². The van der Waals surface area contributed by atoms with Crippen LogP contribution in [0.5, 0.6) is 0 Å². The maximum absolute atomic E-state index is 12.7. The van der Waals surface area contributed by atoms with Gasteiger partial charge >= 0.3 is 0 Å². The molecule has 4 nitrogen and oxygen atoms in total. The average Bonchev–Trinajstić information content (AvgIpc) is 2.54. The van der Waals surface area contributed by atoms with Gasteiger partial charge in [0.15, 0.2) is 0 Å². The summed E-state index contributed by atoms with van der Waals surface area (Å²) in [7, 11) is 2.21. The van der Waals surface area contributed by atoms with Crippen LogP contribution in [0.3, 0.4) is 0 Å². The summed E-state index contributed by atoms with van der Waals surface area (Å²) < 4.78 is 0. The first-order valence-corrected chi connectivity index (χ1v) is 8.72. The quantitative estimate of drug-likeness (QED) is 0.794. The van der Waals surface area contributed by atoms with Crippen LogP contribution in [0.15, 0.2) is 0 Å². The molecule has 2 fully saturated rings. The summed E-state index contributed by atoms with van der Waals surface area (Å²) in [6.45, 7) is 12.8. The zero-order valence-electron chi connectivity index (χ0n) is 14.4. The normalized spacial score (nSPS) is 23.5. The van der Waals surface area contributed by atoms with Crippen molar-refractivity contribution in [2.75, 3.05) is 46.3 Å². The van der Waals surface area contributed by atoms with Crippen LogP contribution in [0, 0.1) is 5.41 Å². The predicted molar refractivity (Wildman–Crippen MR) is 87.4 cm³/mol. The lowest BCUT2D eigenvalue weighted by Gasteiger charge is -2.44. The third-order valence-electron chi connectivity index (χ3n) is 5.88. The highest BCUT2D eigenvalue weighted by Crippen LogP contribution is 2.29. The first-order chi connectivity index (χ1) is 10.00. The first-order valence-electron chi connectivity index (χ1n) is 8.72. The van der Waals surface area contributed by atoms with Crippen molar-refractivity contribution < 1.29 is 4.79 Å². The maximum Gasteiger partial charge on any atom is 0.228 e. The second kappa shape index (κ2) is 7.10. The Labute approximate surface area is 130 Å². The number of piperazine rings is 1. The van der Waals surface area contributed by atoms with Crippen LogP contribution in [0.25, 0.3) is 0 Å². The second-order valence-corrected chi connectivity index (χ2v) is 7.13. The van der Waals surface area contributed by atoms with Crippen LogP contribution in [-0.2, 0) is 4.79 Å². The van der Waals surface area contributed by atoms with Crippen LogP contribution in [0.4, 0.5) is 0 Å². The molecule has 0 aliphatic carbocycles. The van der Waals surface area contributed by atoms with E-state index >= 15 is 0 Å². The Kier molecular flexibility index (Phi) is 5.67. The molecule has 0 saturated carbocycles. The number of carbonyl (C=O) groups excluding carboxylic acids is 1. The fourth-order valence-corrected chi connectivity index (χ4v) is 3.58. The number of hydrogen-bond acceptors (Lipinski definition) is 3. The maximum atomic E-state index is 12.7. The van der Waals surface area contributed by atoms with E-state index in [1.165, 1.54) is 25.9 Å². The van der Waals surface area contributed by atoms with Gasteiger partial charge in [-0.05, 0) is 45.8 Å². The van der Waals surface area contributed by atoms with Gasteiger partial charge in [-0.2, -0.15) is 0 Å². The molecule has 0 unspecified atom stereocenters. The number of amides is 1. The van der Waals surface area contributed by atoms with Crippen LogP contribution >= 0.6 is 0 Å². The van der Waals surface area contributed by atoms with E-state index in [0.29, 0.717) is 5.91 Å². The molecule has 2 saturated heterocycles. The molecule has 0 aromatic heterocycles. The summed E-state index contributed by atoms with van der Waals surface area (Å²) in [6, 6.07) is 0.738. The van der Waals surface area contributed by atoms with Crippen molar-refractivity contribution in [1.82, 2.24) is 14.7 Å². The van der Waals surface area contributed by atoms with Gasteiger partial charge < -0.3 is 9.80 Å². The zero-order valence-corrected chi connectivity index (χ0v) is 14.4.